The smallest absolute Gasteiger partial charge is 0.311 e. The van der Waals surface area contributed by atoms with Crippen molar-refractivity contribution in [2.45, 2.75) is 13.0 Å². The number of nitrogens with zero attached hydrogens (tertiary/aromatic N) is 1. The van der Waals surface area contributed by atoms with Gasteiger partial charge < -0.3 is 15.0 Å². The predicted molar refractivity (Wildman–Crippen MR) is 106 cm³/mol. The summed E-state index contributed by atoms with van der Waals surface area (Å²) in [6, 6.07) is 14.2. The van der Waals surface area contributed by atoms with Gasteiger partial charge in [-0.2, -0.15) is 0 Å². The van der Waals surface area contributed by atoms with E-state index in [-0.39, 0.29) is 18.9 Å². The highest BCUT2D eigenvalue weighted by molar-refractivity contribution is 6.35. The van der Waals surface area contributed by atoms with E-state index in [1.807, 2.05) is 30.3 Å². The minimum Gasteiger partial charge on any atom is -0.455 e. The molecular formula is C20H18Cl2N2O4. The molecule has 2 aromatic carbocycles. The molecule has 0 aliphatic carbocycles. The molecule has 146 valence electrons. The number of benzene rings is 2. The lowest BCUT2D eigenvalue weighted by Gasteiger charge is -2.16. The third-order valence-electron chi connectivity index (χ3n) is 4.31. The molecule has 1 saturated heterocycles. The lowest BCUT2D eigenvalue weighted by molar-refractivity contribution is -0.151. The molecule has 6 nitrogen and oxygen atoms in total. The molecule has 0 radical (unpaired) electrons. The van der Waals surface area contributed by atoms with Crippen molar-refractivity contribution >= 4 is 46.7 Å². The second kappa shape index (κ2) is 9.08. The van der Waals surface area contributed by atoms with Gasteiger partial charge in [-0.05, 0) is 23.8 Å². The van der Waals surface area contributed by atoms with Gasteiger partial charge in [-0.25, -0.2) is 0 Å². The van der Waals surface area contributed by atoms with E-state index in [9.17, 15) is 14.4 Å². The Bertz CT molecular complexity index is 889. The first-order chi connectivity index (χ1) is 13.4. The van der Waals surface area contributed by atoms with Gasteiger partial charge in [-0.15, -0.1) is 0 Å². The van der Waals surface area contributed by atoms with Gasteiger partial charge in [0.25, 0.3) is 5.91 Å². The molecule has 0 unspecified atom stereocenters. The van der Waals surface area contributed by atoms with E-state index in [0.29, 0.717) is 22.3 Å². The summed E-state index contributed by atoms with van der Waals surface area (Å²) in [7, 11) is 0. The summed E-state index contributed by atoms with van der Waals surface area (Å²) in [5.74, 6) is -1.81. The fraction of sp³-hybridized carbons (Fsp3) is 0.250. The highest BCUT2D eigenvalue weighted by Gasteiger charge is 2.35. The van der Waals surface area contributed by atoms with E-state index in [1.165, 1.54) is 6.07 Å². The largest absolute Gasteiger partial charge is 0.455 e. The normalized spacial score (nSPS) is 16.1. The lowest BCUT2D eigenvalue weighted by Crippen LogP contribution is -2.28. The minimum atomic E-state index is -0.584. The number of carbonyl (C=O) groups is 3. The van der Waals surface area contributed by atoms with E-state index >= 15 is 0 Å². The third kappa shape index (κ3) is 5.24. The van der Waals surface area contributed by atoms with Gasteiger partial charge in [-0.1, -0.05) is 53.5 Å². The fourth-order valence-electron chi connectivity index (χ4n) is 2.92. The van der Waals surface area contributed by atoms with Crippen LogP contribution in [0.1, 0.15) is 12.0 Å². The average molecular weight is 421 g/mol. The fourth-order valence-corrected chi connectivity index (χ4v) is 3.26. The maximum Gasteiger partial charge on any atom is 0.311 e. The molecule has 8 heteroatoms. The van der Waals surface area contributed by atoms with Crippen molar-refractivity contribution in [2.75, 3.05) is 18.5 Å². The van der Waals surface area contributed by atoms with Crippen LogP contribution >= 0.6 is 23.2 Å². The first kappa shape index (κ1) is 20.2. The van der Waals surface area contributed by atoms with Crippen LogP contribution in [0.4, 0.5) is 5.69 Å². The number of anilines is 1. The molecule has 28 heavy (non-hydrogen) atoms. The number of hydrogen-bond acceptors (Lipinski definition) is 4. The zero-order chi connectivity index (χ0) is 20.1. The Balaban J connectivity index is 1.49. The van der Waals surface area contributed by atoms with E-state index in [1.54, 1.807) is 17.0 Å². The summed E-state index contributed by atoms with van der Waals surface area (Å²) in [5, 5.41) is 3.27. The first-order valence-electron chi connectivity index (χ1n) is 8.65. The molecule has 1 fully saturated rings. The maximum absolute atomic E-state index is 12.2. The molecule has 1 atom stereocenters. The Labute approximate surface area is 172 Å². The van der Waals surface area contributed by atoms with Gasteiger partial charge in [0.05, 0.1) is 16.6 Å². The Morgan fingerprint density at radius 1 is 1.14 bits per heavy atom. The molecule has 0 spiro atoms. The van der Waals surface area contributed by atoms with E-state index in [4.69, 9.17) is 27.9 Å². The summed E-state index contributed by atoms with van der Waals surface area (Å²) in [5.41, 5.74) is 1.32. The Hall–Kier alpha value is -2.57. The number of likely N-dealkylation sites (tertiary alicyclic amines) is 1. The zero-order valence-corrected chi connectivity index (χ0v) is 16.4. The third-order valence-corrected chi connectivity index (χ3v) is 4.88. The number of ether oxygens (including phenoxy) is 1. The number of rotatable bonds is 6. The number of nitrogens with one attached hydrogen (secondary N) is 1. The van der Waals surface area contributed by atoms with Crippen LogP contribution in [0.25, 0.3) is 0 Å². The zero-order valence-electron chi connectivity index (χ0n) is 14.9. The van der Waals surface area contributed by atoms with E-state index < -0.39 is 24.4 Å². The molecule has 1 aliphatic rings. The topological polar surface area (TPSA) is 75.7 Å². The highest BCUT2D eigenvalue weighted by Crippen LogP contribution is 2.25. The van der Waals surface area contributed by atoms with Crippen LogP contribution in [0.3, 0.4) is 0 Å². The molecule has 1 heterocycles. The summed E-state index contributed by atoms with van der Waals surface area (Å²) < 4.78 is 5.07. The maximum atomic E-state index is 12.2. The van der Waals surface area contributed by atoms with E-state index in [2.05, 4.69) is 5.32 Å². The Morgan fingerprint density at radius 3 is 2.64 bits per heavy atom. The van der Waals surface area contributed by atoms with Gasteiger partial charge in [0, 0.05) is 24.5 Å². The van der Waals surface area contributed by atoms with Gasteiger partial charge >= 0.3 is 5.97 Å². The molecule has 3 rings (SSSR count). The molecule has 0 aromatic heterocycles. The quantitative estimate of drug-likeness (QED) is 0.725. The van der Waals surface area contributed by atoms with Crippen LogP contribution in [0, 0.1) is 5.92 Å². The second-order valence-corrected chi connectivity index (χ2v) is 7.28. The van der Waals surface area contributed by atoms with Crippen molar-refractivity contribution in [3.63, 3.8) is 0 Å². The average Bonchev–Trinajstić information content (AvgIpc) is 3.04. The second-order valence-electron chi connectivity index (χ2n) is 6.44. The molecular weight excluding hydrogens is 403 g/mol. The van der Waals surface area contributed by atoms with Crippen LogP contribution in [0.15, 0.2) is 48.5 Å². The SMILES string of the molecule is O=C(COC(=O)[C@@H]1CC(=O)N(Cc2ccccc2)C1)Nc1cc(Cl)ccc1Cl. The van der Waals surface area contributed by atoms with Crippen molar-refractivity contribution in [3.8, 4) is 0 Å². The monoisotopic (exact) mass is 420 g/mol. The number of esters is 1. The molecule has 1 N–H and O–H groups in total. The molecule has 2 aromatic rings. The van der Waals surface area contributed by atoms with Gasteiger partial charge in [0.1, 0.15) is 0 Å². The summed E-state index contributed by atoms with van der Waals surface area (Å²) in [6.07, 6.45) is 0.0768. The van der Waals surface area contributed by atoms with Gasteiger partial charge in [0.15, 0.2) is 6.61 Å². The van der Waals surface area contributed by atoms with Gasteiger partial charge in [0.2, 0.25) is 5.91 Å². The first-order valence-corrected chi connectivity index (χ1v) is 9.41. The number of carbonyl (C=O) groups excluding carboxylic acids is 3. The standard InChI is InChI=1S/C20H18Cl2N2O4/c21-15-6-7-16(22)17(9-15)23-18(25)12-28-20(27)14-8-19(26)24(11-14)10-13-4-2-1-3-5-13/h1-7,9,14H,8,10-12H2,(H,23,25)/t14-/m1/s1. The number of halogens is 2. The van der Waals surface area contributed by atoms with Crippen LogP contribution in [0.2, 0.25) is 10.0 Å². The molecule has 0 bridgehead atoms. The Kier molecular flexibility index (Phi) is 6.54. The molecule has 2 amide bonds. The lowest BCUT2D eigenvalue weighted by atomic mass is 10.1. The Morgan fingerprint density at radius 2 is 1.89 bits per heavy atom. The van der Waals surface area contributed by atoms with Crippen molar-refractivity contribution in [2.24, 2.45) is 5.92 Å². The number of hydrogen-bond donors (Lipinski definition) is 1. The van der Waals surface area contributed by atoms with Crippen molar-refractivity contribution in [1.82, 2.24) is 4.90 Å². The van der Waals surface area contributed by atoms with Crippen molar-refractivity contribution in [1.29, 1.82) is 0 Å². The molecule has 0 saturated carbocycles. The van der Waals surface area contributed by atoms with Crippen molar-refractivity contribution in [3.05, 3.63) is 64.1 Å². The van der Waals surface area contributed by atoms with Crippen LogP contribution in [0.5, 0.6) is 0 Å². The van der Waals surface area contributed by atoms with E-state index in [0.717, 1.165) is 5.56 Å². The number of amides is 2. The van der Waals surface area contributed by atoms with Crippen LogP contribution in [-0.2, 0) is 25.7 Å². The summed E-state index contributed by atoms with van der Waals surface area (Å²) >= 11 is 11.8. The minimum absolute atomic E-state index is 0.0768. The predicted octanol–water partition coefficient (Wildman–Crippen LogP) is 3.52. The van der Waals surface area contributed by atoms with Crippen LogP contribution < -0.4 is 5.32 Å². The van der Waals surface area contributed by atoms with Gasteiger partial charge in [-0.3, -0.25) is 14.4 Å². The summed E-state index contributed by atoms with van der Waals surface area (Å²) in [6.45, 7) is 0.247. The highest BCUT2D eigenvalue weighted by atomic mass is 35.5. The molecule has 1 aliphatic heterocycles. The summed E-state index contributed by atoms with van der Waals surface area (Å²) in [4.78, 5) is 38.0. The van der Waals surface area contributed by atoms with Crippen LogP contribution in [-0.4, -0.2) is 35.8 Å². The van der Waals surface area contributed by atoms with Crippen molar-refractivity contribution < 1.29 is 19.1 Å².